The molecule has 2 aromatic rings. The summed E-state index contributed by atoms with van der Waals surface area (Å²) in [6.07, 6.45) is 1.69. The summed E-state index contributed by atoms with van der Waals surface area (Å²) in [5, 5.41) is 3.44. The summed E-state index contributed by atoms with van der Waals surface area (Å²) in [6.45, 7) is 4.99. The number of hydrogen-bond acceptors (Lipinski definition) is 3. The van der Waals surface area contributed by atoms with Gasteiger partial charge >= 0.3 is 0 Å². The lowest BCUT2D eigenvalue weighted by molar-refractivity contribution is 0.410. The summed E-state index contributed by atoms with van der Waals surface area (Å²) < 4.78 is 11.9. The fourth-order valence-electron chi connectivity index (χ4n) is 2.16. The third-order valence-corrected chi connectivity index (χ3v) is 3.72. The van der Waals surface area contributed by atoms with E-state index in [1.165, 1.54) is 0 Å². The molecular weight excluding hydrogens is 306 g/mol. The maximum atomic E-state index is 5.59. The van der Waals surface area contributed by atoms with Crippen molar-refractivity contribution in [1.82, 2.24) is 5.32 Å². The van der Waals surface area contributed by atoms with E-state index in [1.807, 2.05) is 19.1 Å². The van der Waals surface area contributed by atoms with Gasteiger partial charge in [0.15, 0.2) is 0 Å². The Kier molecular flexibility index (Phi) is 4.66. The zero-order valence-electron chi connectivity index (χ0n) is 11.4. The van der Waals surface area contributed by atoms with Crippen LogP contribution in [0.5, 0.6) is 5.75 Å². The first-order valence-electron chi connectivity index (χ1n) is 6.28. The van der Waals surface area contributed by atoms with Gasteiger partial charge in [0.2, 0.25) is 0 Å². The molecule has 0 saturated carbocycles. The van der Waals surface area contributed by atoms with E-state index in [2.05, 4.69) is 40.3 Å². The Bertz CT molecular complexity index is 551. The highest BCUT2D eigenvalue weighted by Gasteiger charge is 2.19. The van der Waals surface area contributed by atoms with Crippen LogP contribution in [0.4, 0.5) is 0 Å². The van der Waals surface area contributed by atoms with Crippen LogP contribution in [0.2, 0.25) is 0 Å². The van der Waals surface area contributed by atoms with E-state index in [4.69, 9.17) is 9.15 Å². The minimum atomic E-state index is 0.0407. The lowest BCUT2D eigenvalue weighted by Crippen LogP contribution is -2.22. The van der Waals surface area contributed by atoms with Gasteiger partial charge in [0, 0.05) is 0 Å². The topological polar surface area (TPSA) is 34.4 Å². The van der Waals surface area contributed by atoms with Gasteiger partial charge in [-0.15, -0.1) is 0 Å². The van der Waals surface area contributed by atoms with Gasteiger partial charge in [-0.2, -0.15) is 0 Å². The van der Waals surface area contributed by atoms with E-state index in [9.17, 15) is 0 Å². The molecular formula is C15H18BrNO2. The third kappa shape index (κ3) is 3.01. The number of hydrogen-bond donors (Lipinski definition) is 1. The number of benzene rings is 1. The molecule has 102 valence electrons. The first-order chi connectivity index (χ1) is 9.17. The second-order valence-corrected chi connectivity index (χ2v) is 5.21. The molecule has 0 saturated heterocycles. The van der Waals surface area contributed by atoms with Crippen molar-refractivity contribution in [3.05, 3.63) is 51.9 Å². The molecule has 1 aromatic heterocycles. The highest BCUT2D eigenvalue weighted by Crippen LogP contribution is 2.31. The summed E-state index contributed by atoms with van der Waals surface area (Å²) in [4.78, 5) is 0. The lowest BCUT2D eigenvalue weighted by Gasteiger charge is -2.18. The molecule has 1 aromatic carbocycles. The zero-order chi connectivity index (χ0) is 13.8. The molecule has 1 unspecified atom stereocenters. The normalized spacial score (nSPS) is 12.4. The Morgan fingerprint density at radius 2 is 2.16 bits per heavy atom. The highest BCUT2D eigenvalue weighted by molar-refractivity contribution is 9.10. The van der Waals surface area contributed by atoms with E-state index in [0.717, 1.165) is 33.7 Å². The number of ether oxygens (including phenoxy) is 1. The van der Waals surface area contributed by atoms with Crippen LogP contribution in [0.25, 0.3) is 0 Å². The average molecular weight is 324 g/mol. The molecule has 2 rings (SSSR count). The number of methoxy groups -OCH3 is 1. The van der Waals surface area contributed by atoms with Gasteiger partial charge < -0.3 is 14.5 Å². The van der Waals surface area contributed by atoms with Crippen LogP contribution in [0.15, 0.2) is 39.4 Å². The van der Waals surface area contributed by atoms with Gasteiger partial charge in [0.1, 0.15) is 11.5 Å². The quantitative estimate of drug-likeness (QED) is 0.901. The van der Waals surface area contributed by atoms with Crippen LogP contribution in [0.1, 0.15) is 29.9 Å². The molecule has 1 N–H and O–H groups in total. The fraction of sp³-hybridized carbons (Fsp3) is 0.333. The van der Waals surface area contributed by atoms with Crippen molar-refractivity contribution in [3.8, 4) is 5.75 Å². The Labute approximate surface area is 122 Å². The van der Waals surface area contributed by atoms with Gasteiger partial charge in [0.25, 0.3) is 0 Å². The first kappa shape index (κ1) is 14.2. The van der Waals surface area contributed by atoms with Crippen molar-refractivity contribution >= 4 is 15.9 Å². The summed E-state index contributed by atoms with van der Waals surface area (Å²) >= 11 is 3.52. The molecule has 0 amide bonds. The number of aryl methyl sites for hydroxylation is 1. The second-order valence-electron chi connectivity index (χ2n) is 4.35. The Morgan fingerprint density at radius 3 is 2.68 bits per heavy atom. The van der Waals surface area contributed by atoms with Gasteiger partial charge in [-0.05, 0) is 52.7 Å². The maximum Gasteiger partial charge on any atom is 0.139 e. The molecule has 4 heteroatoms. The number of halogens is 1. The number of nitrogens with one attached hydrogen (secondary N) is 1. The van der Waals surface area contributed by atoms with Crippen molar-refractivity contribution in [2.45, 2.75) is 19.9 Å². The van der Waals surface area contributed by atoms with Crippen LogP contribution >= 0.6 is 15.9 Å². The Hall–Kier alpha value is -1.26. The monoisotopic (exact) mass is 323 g/mol. The lowest BCUT2D eigenvalue weighted by atomic mass is 10.0. The van der Waals surface area contributed by atoms with Gasteiger partial charge in [-0.3, -0.25) is 0 Å². The first-order valence-corrected chi connectivity index (χ1v) is 7.07. The molecule has 3 nitrogen and oxygen atoms in total. The standard InChI is InChI=1S/C15H18BrNO2/c1-4-17-14(15-12(16)7-8-19-15)11-5-6-13(18-3)10(2)9-11/h5-9,14,17H,4H2,1-3H3. The van der Waals surface area contributed by atoms with Gasteiger partial charge in [0.05, 0.1) is 23.9 Å². The van der Waals surface area contributed by atoms with E-state index in [-0.39, 0.29) is 6.04 Å². The SMILES string of the molecule is CCNC(c1ccc(OC)c(C)c1)c1occc1Br. The molecule has 0 aliphatic carbocycles. The highest BCUT2D eigenvalue weighted by atomic mass is 79.9. The van der Waals surface area contributed by atoms with Crippen LogP contribution in [0.3, 0.4) is 0 Å². The fourth-order valence-corrected chi connectivity index (χ4v) is 2.59. The molecule has 0 aliphatic rings. The molecule has 0 bridgehead atoms. The molecule has 1 atom stereocenters. The maximum absolute atomic E-state index is 5.59. The van der Waals surface area contributed by atoms with E-state index < -0.39 is 0 Å². The predicted octanol–water partition coefficient (Wildman–Crippen LogP) is 4.06. The number of rotatable bonds is 5. The molecule has 0 radical (unpaired) electrons. The summed E-state index contributed by atoms with van der Waals surface area (Å²) in [7, 11) is 1.69. The summed E-state index contributed by atoms with van der Waals surface area (Å²) in [5.74, 6) is 1.80. The van der Waals surface area contributed by atoms with E-state index in [1.54, 1.807) is 13.4 Å². The summed E-state index contributed by atoms with van der Waals surface area (Å²) in [5.41, 5.74) is 2.28. The van der Waals surface area contributed by atoms with Gasteiger partial charge in [-0.25, -0.2) is 0 Å². The molecule has 19 heavy (non-hydrogen) atoms. The average Bonchev–Trinajstić information content (AvgIpc) is 2.82. The Morgan fingerprint density at radius 1 is 1.37 bits per heavy atom. The molecule has 1 heterocycles. The van der Waals surface area contributed by atoms with Gasteiger partial charge in [-0.1, -0.05) is 19.1 Å². The predicted molar refractivity (Wildman–Crippen MR) is 79.7 cm³/mol. The molecule has 0 fully saturated rings. The van der Waals surface area contributed by atoms with Crippen molar-refractivity contribution in [1.29, 1.82) is 0 Å². The number of furan rings is 1. The second kappa shape index (κ2) is 6.26. The zero-order valence-corrected chi connectivity index (χ0v) is 13.0. The molecule has 0 spiro atoms. The van der Waals surface area contributed by atoms with Crippen LogP contribution < -0.4 is 10.1 Å². The van der Waals surface area contributed by atoms with Crippen LogP contribution in [-0.4, -0.2) is 13.7 Å². The minimum Gasteiger partial charge on any atom is -0.496 e. The summed E-state index contributed by atoms with van der Waals surface area (Å²) in [6, 6.07) is 8.14. The van der Waals surface area contributed by atoms with Crippen LogP contribution in [0, 0.1) is 6.92 Å². The Balaban J connectivity index is 2.39. The van der Waals surface area contributed by atoms with Crippen LogP contribution in [-0.2, 0) is 0 Å². The van der Waals surface area contributed by atoms with Crippen molar-refractivity contribution in [2.24, 2.45) is 0 Å². The molecule has 0 aliphatic heterocycles. The van der Waals surface area contributed by atoms with Crippen molar-refractivity contribution in [3.63, 3.8) is 0 Å². The largest absolute Gasteiger partial charge is 0.496 e. The minimum absolute atomic E-state index is 0.0407. The van der Waals surface area contributed by atoms with E-state index >= 15 is 0 Å². The van der Waals surface area contributed by atoms with Crippen molar-refractivity contribution < 1.29 is 9.15 Å². The third-order valence-electron chi connectivity index (χ3n) is 3.07. The van der Waals surface area contributed by atoms with Crippen molar-refractivity contribution in [2.75, 3.05) is 13.7 Å². The van der Waals surface area contributed by atoms with E-state index in [0.29, 0.717) is 0 Å². The smallest absolute Gasteiger partial charge is 0.139 e.